The Kier molecular flexibility index (Phi) is 11.6. The lowest BCUT2D eigenvalue weighted by Crippen LogP contribution is -2.37. The zero-order valence-electron chi connectivity index (χ0n) is 16.9. The van der Waals surface area contributed by atoms with Gasteiger partial charge in [-0.25, -0.2) is 4.98 Å². The molecule has 0 fully saturated rings. The van der Waals surface area contributed by atoms with Gasteiger partial charge >= 0.3 is 0 Å². The Labute approximate surface area is 194 Å². The molecule has 1 heterocycles. The summed E-state index contributed by atoms with van der Waals surface area (Å²) in [5, 5.41) is 2.89. The highest BCUT2D eigenvalue weighted by Crippen LogP contribution is 2.12. The Bertz CT molecular complexity index is 888. The highest BCUT2D eigenvalue weighted by molar-refractivity contribution is 7.98. The second-order valence-electron chi connectivity index (χ2n) is 6.76. The number of nitrogens with one attached hydrogen (secondary N) is 1. The summed E-state index contributed by atoms with van der Waals surface area (Å²) in [6.45, 7) is 0.748. The Morgan fingerprint density at radius 1 is 1.10 bits per heavy atom. The maximum Gasteiger partial charge on any atom is 0.241 e. The van der Waals surface area contributed by atoms with Crippen LogP contribution < -0.4 is 11.1 Å². The number of aryl methyl sites for hydroxylation is 1. The maximum absolute atomic E-state index is 12.4. The van der Waals surface area contributed by atoms with Gasteiger partial charge in [-0.1, -0.05) is 42.5 Å². The molecule has 0 saturated heterocycles. The largest absolute Gasteiger partial charge is 0.333 e. The minimum absolute atomic E-state index is 0. The molecule has 0 aliphatic carbocycles. The molecule has 0 aliphatic heterocycles. The molecule has 3 rings (SSSR count). The first kappa shape index (κ1) is 26.0. The molecule has 0 saturated carbocycles. The van der Waals surface area contributed by atoms with Gasteiger partial charge < -0.3 is 15.6 Å². The second kappa shape index (κ2) is 13.3. The van der Waals surface area contributed by atoms with E-state index in [2.05, 4.69) is 28.7 Å². The van der Waals surface area contributed by atoms with Crippen molar-refractivity contribution in [2.24, 2.45) is 5.73 Å². The van der Waals surface area contributed by atoms with Crippen LogP contribution in [0.1, 0.15) is 16.8 Å². The van der Waals surface area contributed by atoms with Gasteiger partial charge in [0.1, 0.15) is 0 Å². The number of hydrogen-bond acceptors (Lipinski definition) is 4. The van der Waals surface area contributed by atoms with Crippen molar-refractivity contribution >= 4 is 48.2 Å². The number of amides is 1. The molecule has 0 aliphatic rings. The van der Waals surface area contributed by atoms with Crippen molar-refractivity contribution in [2.45, 2.75) is 25.4 Å². The van der Waals surface area contributed by atoms with Crippen LogP contribution >= 0.6 is 36.6 Å². The lowest BCUT2D eigenvalue weighted by atomic mass is 10.1. The number of carbonyl (C=O) groups is 1. The molecule has 8 heteroatoms. The van der Waals surface area contributed by atoms with Crippen LogP contribution in [-0.2, 0) is 24.2 Å². The molecule has 5 nitrogen and oxygen atoms in total. The van der Waals surface area contributed by atoms with Gasteiger partial charge in [0.15, 0.2) is 0 Å². The third-order valence-corrected chi connectivity index (χ3v) is 5.09. The van der Waals surface area contributed by atoms with Gasteiger partial charge in [0, 0.05) is 24.8 Å². The summed E-state index contributed by atoms with van der Waals surface area (Å²) in [6, 6.07) is 17.5. The van der Waals surface area contributed by atoms with Crippen LogP contribution in [0.3, 0.4) is 0 Å². The summed E-state index contributed by atoms with van der Waals surface area (Å²) in [4.78, 5) is 16.8. The van der Waals surface area contributed by atoms with Crippen LogP contribution in [0.15, 0.2) is 67.1 Å². The highest BCUT2D eigenvalue weighted by Gasteiger charge is 2.16. The van der Waals surface area contributed by atoms with Gasteiger partial charge in [0.25, 0.3) is 0 Å². The van der Waals surface area contributed by atoms with Crippen LogP contribution in [0.2, 0.25) is 0 Å². The molecule has 162 valence electrons. The standard InChI is InChI=1S/C22H26N4OS.2ClH/c1-28-12-11-17-7-9-19(10-8-17)25-22(27)21(23)13-20-15-26(16-24-20)14-18-5-3-2-4-6-18;;/h2-10,15-16,21H,11-14,23H2,1H3,(H,25,27);2*1H/t21-;;/m0../s1. The molecule has 1 atom stereocenters. The molecule has 1 aromatic heterocycles. The van der Waals surface area contributed by atoms with E-state index in [0.29, 0.717) is 6.42 Å². The first-order valence-corrected chi connectivity index (χ1v) is 10.7. The number of anilines is 1. The fourth-order valence-electron chi connectivity index (χ4n) is 2.92. The predicted molar refractivity (Wildman–Crippen MR) is 131 cm³/mol. The summed E-state index contributed by atoms with van der Waals surface area (Å²) >= 11 is 1.82. The average Bonchev–Trinajstić information content (AvgIpc) is 3.15. The fraction of sp³-hybridized carbons (Fsp3) is 0.273. The zero-order valence-corrected chi connectivity index (χ0v) is 19.3. The van der Waals surface area contributed by atoms with Crippen molar-refractivity contribution in [3.63, 3.8) is 0 Å². The molecular weight excluding hydrogens is 439 g/mol. The number of nitrogens with two attached hydrogens (primary N) is 1. The monoisotopic (exact) mass is 466 g/mol. The van der Waals surface area contributed by atoms with E-state index in [1.54, 1.807) is 6.33 Å². The van der Waals surface area contributed by atoms with Gasteiger partial charge in [-0.3, -0.25) is 4.79 Å². The van der Waals surface area contributed by atoms with Crippen molar-refractivity contribution < 1.29 is 4.79 Å². The van der Waals surface area contributed by atoms with Crippen molar-refractivity contribution in [1.29, 1.82) is 0 Å². The lowest BCUT2D eigenvalue weighted by molar-refractivity contribution is -0.117. The Balaban J connectivity index is 0.00000225. The minimum Gasteiger partial charge on any atom is -0.333 e. The van der Waals surface area contributed by atoms with Crippen molar-refractivity contribution in [1.82, 2.24) is 9.55 Å². The van der Waals surface area contributed by atoms with Crippen LogP contribution in [0.25, 0.3) is 0 Å². The average molecular weight is 467 g/mol. The fourth-order valence-corrected chi connectivity index (χ4v) is 3.36. The van der Waals surface area contributed by atoms with Gasteiger partial charge in [-0.05, 0) is 41.7 Å². The molecular formula is C22H28Cl2N4OS. The summed E-state index contributed by atoms with van der Waals surface area (Å²) in [5.74, 6) is 0.891. The number of aromatic nitrogens is 2. The number of hydrogen-bond donors (Lipinski definition) is 2. The number of nitrogens with zero attached hydrogens (tertiary/aromatic N) is 2. The van der Waals surface area contributed by atoms with Crippen molar-refractivity contribution in [3.8, 4) is 0 Å². The molecule has 3 aromatic rings. The molecule has 2 aromatic carbocycles. The van der Waals surface area contributed by atoms with Gasteiger partial charge in [-0.2, -0.15) is 11.8 Å². The van der Waals surface area contributed by atoms with E-state index in [9.17, 15) is 4.79 Å². The lowest BCUT2D eigenvalue weighted by Gasteiger charge is -2.11. The van der Waals surface area contributed by atoms with Gasteiger partial charge in [-0.15, -0.1) is 24.8 Å². The summed E-state index contributed by atoms with van der Waals surface area (Å²) in [7, 11) is 0. The van der Waals surface area contributed by atoms with Crippen molar-refractivity contribution in [2.75, 3.05) is 17.3 Å². The molecule has 0 spiro atoms. The van der Waals surface area contributed by atoms with Gasteiger partial charge in [0.05, 0.1) is 18.1 Å². The van der Waals surface area contributed by atoms with Gasteiger partial charge in [0.2, 0.25) is 5.91 Å². The summed E-state index contributed by atoms with van der Waals surface area (Å²) < 4.78 is 2.00. The van der Waals surface area contributed by atoms with Crippen LogP contribution in [0.4, 0.5) is 5.69 Å². The highest BCUT2D eigenvalue weighted by atomic mass is 35.5. The minimum atomic E-state index is -0.642. The Morgan fingerprint density at radius 3 is 2.47 bits per heavy atom. The number of benzene rings is 2. The van der Waals surface area contributed by atoms with Crippen LogP contribution in [0, 0.1) is 0 Å². The van der Waals surface area contributed by atoms with E-state index >= 15 is 0 Å². The predicted octanol–water partition coefficient (Wildman–Crippen LogP) is 4.19. The zero-order chi connectivity index (χ0) is 19.8. The molecule has 0 unspecified atom stereocenters. The molecule has 3 N–H and O–H groups in total. The van der Waals surface area contributed by atoms with E-state index in [-0.39, 0.29) is 30.7 Å². The van der Waals surface area contributed by atoms with E-state index in [1.807, 2.05) is 65.0 Å². The van der Waals surface area contributed by atoms with E-state index in [4.69, 9.17) is 5.73 Å². The molecule has 1 amide bonds. The summed E-state index contributed by atoms with van der Waals surface area (Å²) in [6.07, 6.45) is 7.25. The number of imidazole rings is 1. The van der Waals surface area contributed by atoms with Crippen LogP contribution in [0.5, 0.6) is 0 Å². The normalized spacial score (nSPS) is 11.1. The van der Waals surface area contributed by atoms with E-state index in [0.717, 1.165) is 30.1 Å². The number of halogens is 2. The van der Waals surface area contributed by atoms with Crippen molar-refractivity contribution in [3.05, 3.63) is 83.9 Å². The quantitative estimate of drug-likeness (QED) is 0.495. The molecule has 0 bridgehead atoms. The Hall–Kier alpha value is -1.99. The van der Waals surface area contributed by atoms with E-state index < -0.39 is 6.04 Å². The van der Waals surface area contributed by atoms with Crippen LogP contribution in [-0.4, -0.2) is 33.5 Å². The SMILES string of the molecule is CSCCc1ccc(NC(=O)[C@@H](N)Cc2cn(Cc3ccccc3)cn2)cc1.Cl.Cl. The number of rotatable bonds is 9. The number of thioether (sulfide) groups is 1. The topological polar surface area (TPSA) is 72.9 Å². The third-order valence-electron chi connectivity index (χ3n) is 4.48. The first-order valence-electron chi connectivity index (χ1n) is 9.33. The molecule has 30 heavy (non-hydrogen) atoms. The third kappa shape index (κ3) is 8.03. The molecule has 0 radical (unpaired) electrons. The first-order chi connectivity index (χ1) is 13.6. The van der Waals surface area contributed by atoms with E-state index in [1.165, 1.54) is 11.1 Å². The second-order valence-corrected chi connectivity index (χ2v) is 7.75. The number of carbonyl (C=O) groups excluding carboxylic acids is 1. The summed E-state index contributed by atoms with van der Waals surface area (Å²) in [5.41, 5.74) is 10.1. The maximum atomic E-state index is 12.4. The smallest absolute Gasteiger partial charge is 0.241 e. The Morgan fingerprint density at radius 2 is 1.80 bits per heavy atom.